The van der Waals surface area contributed by atoms with Crippen LogP contribution in [0.2, 0.25) is 5.02 Å². The molecule has 116 valence electrons. The van der Waals surface area contributed by atoms with Crippen LogP contribution in [0.5, 0.6) is 5.75 Å². The summed E-state index contributed by atoms with van der Waals surface area (Å²) >= 11 is 6.23. The molecule has 2 N–H and O–H groups in total. The summed E-state index contributed by atoms with van der Waals surface area (Å²) in [5, 5.41) is 4.70. The van der Waals surface area contributed by atoms with Crippen LogP contribution in [0.25, 0.3) is 22.1 Å². The van der Waals surface area contributed by atoms with Crippen molar-refractivity contribution in [2.24, 2.45) is 0 Å². The standard InChI is InChI=1S/C16H13ClN4O2/c1-22-9-2-3-13-12(6-9)20-15(23-13)8-19-14-7-11(17)10-4-5-18-16(10)21-14/h2-7H,8H2,1H3,(H2,18,19,21). The van der Waals surface area contributed by atoms with Gasteiger partial charge in [0.1, 0.15) is 22.7 Å². The second kappa shape index (κ2) is 5.48. The average molecular weight is 329 g/mol. The topological polar surface area (TPSA) is 76.0 Å². The number of oxazole rings is 1. The van der Waals surface area contributed by atoms with Crippen LogP contribution < -0.4 is 10.1 Å². The number of nitrogens with zero attached hydrogens (tertiary/aromatic N) is 2. The molecule has 3 heterocycles. The Kier molecular flexibility index (Phi) is 3.31. The molecule has 0 bridgehead atoms. The maximum atomic E-state index is 6.23. The minimum Gasteiger partial charge on any atom is -0.497 e. The van der Waals surface area contributed by atoms with E-state index in [-0.39, 0.29) is 0 Å². The fourth-order valence-electron chi connectivity index (χ4n) is 2.41. The molecule has 4 aromatic rings. The van der Waals surface area contributed by atoms with Gasteiger partial charge in [0.25, 0.3) is 0 Å². The van der Waals surface area contributed by atoms with Crippen molar-refractivity contribution in [3.63, 3.8) is 0 Å². The van der Waals surface area contributed by atoms with Crippen molar-refractivity contribution in [2.45, 2.75) is 6.54 Å². The molecule has 4 rings (SSSR count). The Morgan fingerprint density at radius 3 is 3.04 bits per heavy atom. The first-order valence-electron chi connectivity index (χ1n) is 7.04. The molecule has 6 nitrogen and oxygen atoms in total. The number of benzene rings is 1. The van der Waals surface area contributed by atoms with Gasteiger partial charge in [-0.25, -0.2) is 9.97 Å². The first kappa shape index (κ1) is 13.9. The lowest BCUT2D eigenvalue weighted by molar-refractivity contribution is 0.415. The Morgan fingerprint density at radius 2 is 2.17 bits per heavy atom. The van der Waals surface area contributed by atoms with Gasteiger partial charge in [0.2, 0.25) is 5.89 Å². The van der Waals surface area contributed by atoms with E-state index in [1.165, 1.54) is 0 Å². The summed E-state index contributed by atoms with van der Waals surface area (Å²) in [6.45, 7) is 0.409. The third-order valence-corrected chi connectivity index (χ3v) is 3.85. The number of nitrogens with one attached hydrogen (secondary N) is 2. The second-order valence-electron chi connectivity index (χ2n) is 5.02. The summed E-state index contributed by atoms with van der Waals surface area (Å²) in [7, 11) is 1.62. The van der Waals surface area contributed by atoms with Gasteiger partial charge in [-0.1, -0.05) is 11.6 Å². The lowest BCUT2D eigenvalue weighted by atomic mass is 10.3. The molecular formula is C16H13ClN4O2. The van der Waals surface area contributed by atoms with Crippen LogP contribution in [0, 0.1) is 0 Å². The van der Waals surface area contributed by atoms with Crippen molar-refractivity contribution in [1.29, 1.82) is 0 Å². The third kappa shape index (κ3) is 2.57. The van der Waals surface area contributed by atoms with Gasteiger partial charge >= 0.3 is 0 Å². The van der Waals surface area contributed by atoms with Gasteiger partial charge in [-0.15, -0.1) is 0 Å². The highest BCUT2D eigenvalue weighted by molar-refractivity contribution is 6.35. The number of fused-ring (bicyclic) bond motifs is 2. The van der Waals surface area contributed by atoms with E-state index in [1.807, 2.05) is 30.5 Å². The molecule has 1 aromatic carbocycles. The minimum atomic E-state index is 0.409. The maximum absolute atomic E-state index is 6.23. The van der Waals surface area contributed by atoms with Gasteiger partial charge in [-0.05, 0) is 24.3 Å². The first-order chi connectivity index (χ1) is 11.2. The molecule has 0 aliphatic rings. The zero-order valence-electron chi connectivity index (χ0n) is 12.3. The van der Waals surface area contributed by atoms with Gasteiger partial charge in [0.05, 0.1) is 18.7 Å². The number of rotatable bonds is 4. The van der Waals surface area contributed by atoms with E-state index in [1.54, 1.807) is 13.2 Å². The number of aromatic nitrogens is 3. The van der Waals surface area contributed by atoms with Gasteiger partial charge in [0, 0.05) is 17.6 Å². The van der Waals surface area contributed by atoms with Crippen molar-refractivity contribution in [3.8, 4) is 5.75 Å². The van der Waals surface area contributed by atoms with E-state index in [0.717, 1.165) is 22.3 Å². The van der Waals surface area contributed by atoms with Crippen LogP contribution >= 0.6 is 11.6 Å². The molecule has 0 fully saturated rings. The highest BCUT2D eigenvalue weighted by Crippen LogP contribution is 2.25. The molecule has 3 aromatic heterocycles. The zero-order valence-corrected chi connectivity index (χ0v) is 13.0. The smallest absolute Gasteiger partial charge is 0.214 e. The number of aromatic amines is 1. The van der Waals surface area contributed by atoms with Crippen LogP contribution in [0.4, 0.5) is 5.82 Å². The van der Waals surface area contributed by atoms with E-state index in [0.29, 0.717) is 28.9 Å². The Labute approximate surface area is 136 Å². The Balaban J connectivity index is 1.57. The molecule has 0 aliphatic carbocycles. The summed E-state index contributed by atoms with van der Waals surface area (Å²) in [5.41, 5.74) is 2.21. The molecule has 0 radical (unpaired) electrons. The van der Waals surface area contributed by atoms with E-state index in [2.05, 4.69) is 20.3 Å². The summed E-state index contributed by atoms with van der Waals surface area (Å²) in [6.07, 6.45) is 1.81. The number of hydrogen-bond acceptors (Lipinski definition) is 5. The Morgan fingerprint density at radius 1 is 1.26 bits per heavy atom. The number of anilines is 1. The van der Waals surface area contributed by atoms with E-state index in [4.69, 9.17) is 20.8 Å². The highest BCUT2D eigenvalue weighted by atomic mass is 35.5. The predicted molar refractivity (Wildman–Crippen MR) is 89.0 cm³/mol. The summed E-state index contributed by atoms with van der Waals surface area (Å²) in [6, 6.07) is 9.18. The SMILES string of the molecule is COc1ccc2oc(CNc3cc(Cl)c4cc[nH]c4n3)nc2c1. The van der Waals surface area contributed by atoms with Gasteiger partial charge in [-0.2, -0.15) is 0 Å². The molecule has 0 aliphatic heterocycles. The fourth-order valence-corrected chi connectivity index (χ4v) is 2.67. The zero-order chi connectivity index (χ0) is 15.8. The quantitative estimate of drug-likeness (QED) is 0.592. The monoisotopic (exact) mass is 328 g/mol. The number of halogens is 1. The summed E-state index contributed by atoms with van der Waals surface area (Å²) < 4.78 is 10.9. The molecule has 0 spiro atoms. The number of pyridine rings is 1. The third-order valence-electron chi connectivity index (χ3n) is 3.54. The molecule has 7 heteroatoms. The highest BCUT2D eigenvalue weighted by Gasteiger charge is 2.09. The van der Waals surface area contributed by atoms with Gasteiger partial charge in [0.15, 0.2) is 5.58 Å². The molecule has 0 unspecified atom stereocenters. The first-order valence-corrected chi connectivity index (χ1v) is 7.42. The van der Waals surface area contributed by atoms with Crippen molar-refractivity contribution in [3.05, 3.63) is 47.4 Å². The molecule has 0 amide bonds. The van der Waals surface area contributed by atoms with Crippen LogP contribution in [0.1, 0.15) is 5.89 Å². The molecular weight excluding hydrogens is 316 g/mol. The lowest BCUT2D eigenvalue weighted by Crippen LogP contribution is -2.01. The van der Waals surface area contributed by atoms with Crippen molar-refractivity contribution < 1.29 is 9.15 Å². The van der Waals surface area contributed by atoms with Crippen LogP contribution in [-0.2, 0) is 6.54 Å². The maximum Gasteiger partial charge on any atom is 0.214 e. The largest absolute Gasteiger partial charge is 0.497 e. The molecule has 23 heavy (non-hydrogen) atoms. The van der Waals surface area contributed by atoms with Crippen molar-refractivity contribution in [2.75, 3.05) is 12.4 Å². The number of methoxy groups -OCH3 is 1. The van der Waals surface area contributed by atoms with Crippen LogP contribution in [0.3, 0.4) is 0 Å². The van der Waals surface area contributed by atoms with Crippen LogP contribution in [-0.4, -0.2) is 22.1 Å². The lowest BCUT2D eigenvalue weighted by Gasteiger charge is -2.04. The van der Waals surface area contributed by atoms with Crippen molar-refractivity contribution in [1.82, 2.24) is 15.0 Å². The minimum absolute atomic E-state index is 0.409. The Hall–Kier alpha value is -2.73. The predicted octanol–water partition coefficient (Wildman–Crippen LogP) is 3.98. The average Bonchev–Trinajstić information content (AvgIpc) is 3.18. The number of H-pyrrole nitrogens is 1. The van der Waals surface area contributed by atoms with Crippen molar-refractivity contribution >= 4 is 39.6 Å². The Bertz CT molecular complexity index is 992. The summed E-state index contributed by atoms with van der Waals surface area (Å²) in [5.74, 6) is 1.97. The molecule has 0 saturated heterocycles. The van der Waals surface area contributed by atoms with E-state index < -0.39 is 0 Å². The fraction of sp³-hybridized carbons (Fsp3) is 0.125. The van der Waals surface area contributed by atoms with E-state index >= 15 is 0 Å². The summed E-state index contributed by atoms with van der Waals surface area (Å²) in [4.78, 5) is 11.9. The molecule has 0 atom stereocenters. The number of ether oxygens (including phenoxy) is 1. The van der Waals surface area contributed by atoms with Gasteiger partial charge in [-0.3, -0.25) is 0 Å². The second-order valence-corrected chi connectivity index (χ2v) is 5.43. The van der Waals surface area contributed by atoms with Gasteiger partial charge < -0.3 is 19.5 Å². The number of hydrogen-bond donors (Lipinski definition) is 2. The normalized spacial score (nSPS) is 11.2. The molecule has 0 saturated carbocycles. The van der Waals surface area contributed by atoms with E-state index in [9.17, 15) is 0 Å². The van der Waals surface area contributed by atoms with Crippen LogP contribution in [0.15, 0.2) is 40.9 Å².